The molecule has 1 N–H and O–H groups in total. The van der Waals surface area contributed by atoms with E-state index in [0.29, 0.717) is 19.1 Å². The number of carbonyl (C=O) groups is 1. The molecule has 3 aromatic rings. The first-order valence-corrected chi connectivity index (χ1v) is 8.28. The summed E-state index contributed by atoms with van der Waals surface area (Å²) in [6, 6.07) is 21.9. The quantitative estimate of drug-likeness (QED) is 0.797. The average Bonchev–Trinajstić information content (AvgIpc) is 2.65. The van der Waals surface area contributed by atoms with Gasteiger partial charge >= 0.3 is 0 Å². The molecule has 24 heavy (non-hydrogen) atoms. The maximum absolute atomic E-state index is 12.6. The minimum Gasteiger partial charge on any atom is -0.493 e. The summed E-state index contributed by atoms with van der Waals surface area (Å²) >= 11 is 0. The molecule has 0 aliphatic carbocycles. The topological polar surface area (TPSA) is 38.3 Å². The van der Waals surface area contributed by atoms with E-state index in [0.717, 1.165) is 28.5 Å². The fraction of sp³-hybridized carbons (Fsp3) is 0.190. The highest BCUT2D eigenvalue weighted by molar-refractivity contribution is 6.06. The van der Waals surface area contributed by atoms with E-state index in [1.54, 1.807) is 0 Å². The van der Waals surface area contributed by atoms with Gasteiger partial charge in [-0.2, -0.15) is 0 Å². The van der Waals surface area contributed by atoms with Crippen molar-refractivity contribution in [3.05, 3.63) is 77.9 Å². The van der Waals surface area contributed by atoms with Gasteiger partial charge in [-0.25, -0.2) is 0 Å². The molecule has 1 unspecified atom stereocenters. The van der Waals surface area contributed by atoms with E-state index in [9.17, 15) is 4.79 Å². The summed E-state index contributed by atoms with van der Waals surface area (Å²) in [5, 5.41) is 5.14. The first-order valence-electron chi connectivity index (χ1n) is 8.28. The van der Waals surface area contributed by atoms with E-state index < -0.39 is 0 Å². The molecule has 4 rings (SSSR count). The van der Waals surface area contributed by atoms with Gasteiger partial charge in [0.1, 0.15) is 5.75 Å². The summed E-state index contributed by atoms with van der Waals surface area (Å²) in [6.45, 7) is 1.27. The van der Waals surface area contributed by atoms with Gasteiger partial charge in [-0.1, -0.05) is 54.6 Å². The Morgan fingerprint density at radius 1 is 1.00 bits per heavy atom. The Kier molecular flexibility index (Phi) is 3.91. The number of para-hydroxylation sites is 1. The summed E-state index contributed by atoms with van der Waals surface area (Å²) in [7, 11) is 0. The van der Waals surface area contributed by atoms with Gasteiger partial charge in [0.15, 0.2) is 0 Å². The summed E-state index contributed by atoms with van der Waals surface area (Å²) in [5.74, 6) is 1.25. The first-order chi connectivity index (χ1) is 11.8. The van der Waals surface area contributed by atoms with Crippen LogP contribution in [0.15, 0.2) is 66.7 Å². The third-order valence-corrected chi connectivity index (χ3v) is 4.54. The molecule has 0 saturated carbocycles. The number of benzene rings is 3. The third-order valence-electron chi connectivity index (χ3n) is 4.54. The Bertz CT molecular complexity index is 882. The van der Waals surface area contributed by atoms with Gasteiger partial charge in [-0.05, 0) is 34.9 Å². The molecule has 120 valence electrons. The molecule has 0 fully saturated rings. The molecule has 3 nitrogen and oxygen atoms in total. The lowest BCUT2D eigenvalue weighted by Crippen LogP contribution is -2.34. The second-order valence-electron chi connectivity index (χ2n) is 6.23. The molecular weight excluding hydrogens is 298 g/mol. The number of amides is 1. The Morgan fingerprint density at radius 3 is 2.75 bits per heavy atom. The van der Waals surface area contributed by atoms with E-state index in [2.05, 4.69) is 11.4 Å². The zero-order chi connectivity index (χ0) is 16.4. The highest BCUT2D eigenvalue weighted by Gasteiger charge is 2.20. The van der Waals surface area contributed by atoms with Crippen molar-refractivity contribution in [2.75, 3.05) is 13.2 Å². The Labute approximate surface area is 141 Å². The van der Waals surface area contributed by atoms with Crippen LogP contribution in [-0.2, 0) is 6.42 Å². The summed E-state index contributed by atoms with van der Waals surface area (Å²) in [4.78, 5) is 12.6. The molecule has 0 saturated heterocycles. The SMILES string of the molecule is O=C(NCC1COc2ccccc2C1)c1cccc2ccccc12. The fourth-order valence-corrected chi connectivity index (χ4v) is 3.28. The van der Waals surface area contributed by atoms with E-state index in [-0.39, 0.29) is 5.91 Å². The third kappa shape index (κ3) is 2.85. The van der Waals surface area contributed by atoms with Crippen molar-refractivity contribution in [3.8, 4) is 5.75 Å². The number of hydrogen-bond donors (Lipinski definition) is 1. The molecule has 0 radical (unpaired) electrons. The van der Waals surface area contributed by atoms with Crippen LogP contribution in [-0.4, -0.2) is 19.1 Å². The predicted octanol–water partition coefficient (Wildman–Crippen LogP) is 3.82. The number of hydrogen-bond acceptors (Lipinski definition) is 2. The van der Waals surface area contributed by atoms with Crippen LogP contribution in [0.3, 0.4) is 0 Å². The molecule has 3 heteroatoms. The second kappa shape index (κ2) is 6.36. The number of carbonyl (C=O) groups excluding carboxylic acids is 1. The normalized spacial score (nSPS) is 16.2. The second-order valence-corrected chi connectivity index (χ2v) is 6.23. The van der Waals surface area contributed by atoms with Crippen LogP contribution in [0.25, 0.3) is 10.8 Å². The van der Waals surface area contributed by atoms with Crippen LogP contribution in [0.4, 0.5) is 0 Å². The molecular formula is C21H19NO2. The lowest BCUT2D eigenvalue weighted by Gasteiger charge is -2.25. The molecule has 1 amide bonds. The molecule has 1 heterocycles. The van der Waals surface area contributed by atoms with Crippen molar-refractivity contribution in [3.63, 3.8) is 0 Å². The lowest BCUT2D eigenvalue weighted by molar-refractivity contribution is 0.0940. The Balaban J connectivity index is 1.45. The minimum atomic E-state index is -0.0225. The van der Waals surface area contributed by atoms with Crippen LogP contribution in [0.2, 0.25) is 0 Å². The van der Waals surface area contributed by atoms with Gasteiger partial charge in [0.05, 0.1) is 6.61 Å². The number of fused-ring (bicyclic) bond motifs is 2. The van der Waals surface area contributed by atoms with Gasteiger partial charge in [0.2, 0.25) is 0 Å². The molecule has 1 atom stereocenters. The maximum Gasteiger partial charge on any atom is 0.251 e. The minimum absolute atomic E-state index is 0.0225. The van der Waals surface area contributed by atoms with Crippen LogP contribution in [0.5, 0.6) is 5.75 Å². The van der Waals surface area contributed by atoms with Crippen molar-refractivity contribution in [2.45, 2.75) is 6.42 Å². The Hall–Kier alpha value is -2.81. The standard InChI is InChI=1S/C21H19NO2/c23-21(19-10-5-8-16-6-1-3-9-18(16)19)22-13-15-12-17-7-2-4-11-20(17)24-14-15/h1-11,15H,12-14H2,(H,22,23). The van der Waals surface area contributed by atoms with Crippen molar-refractivity contribution >= 4 is 16.7 Å². The van der Waals surface area contributed by atoms with Gasteiger partial charge in [-0.15, -0.1) is 0 Å². The lowest BCUT2D eigenvalue weighted by atomic mass is 9.96. The highest BCUT2D eigenvalue weighted by Crippen LogP contribution is 2.26. The molecule has 0 spiro atoms. The molecule has 1 aliphatic rings. The zero-order valence-electron chi connectivity index (χ0n) is 13.4. The molecule has 3 aromatic carbocycles. The summed E-state index contributed by atoms with van der Waals surface area (Å²) < 4.78 is 5.79. The maximum atomic E-state index is 12.6. The number of ether oxygens (including phenoxy) is 1. The Morgan fingerprint density at radius 2 is 1.79 bits per heavy atom. The van der Waals surface area contributed by atoms with Gasteiger partial charge in [-0.3, -0.25) is 4.79 Å². The summed E-state index contributed by atoms with van der Waals surface area (Å²) in [5.41, 5.74) is 1.94. The summed E-state index contributed by atoms with van der Waals surface area (Å²) in [6.07, 6.45) is 0.936. The molecule has 0 aromatic heterocycles. The smallest absolute Gasteiger partial charge is 0.251 e. The monoisotopic (exact) mass is 317 g/mol. The molecule has 1 aliphatic heterocycles. The van der Waals surface area contributed by atoms with Crippen molar-refractivity contribution in [1.29, 1.82) is 0 Å². The highest BCUT2D eigenvalue weighted by atomic mass is 16.5. The average molecular weight is 317 g/mol. The first kappa shape index (κ1) is 14.8. The number of nitrogens with one attached hydrogen (secondary N) is 1. The van der Waals surface area contributed by atoms with Crippen LogP contribution in [0, 0.1) is 5.92 Å². The molecule has 0 bridgehead atoms. The van der Waals surface area contributed by atoms with Crippen LogP contribution >= 0.6 is 0 Å². The van der Waals surface area contributed by atoms with E-state index >= 15 is 0 Å². The largest absolute Gasteiger partial charge is 0.493 e. The van der Waals surface area contributed by atoms with E-state index in [4.69, 9.17) is 4.74 Å². The zero-order valence-corrected chi connectivity index (χ0v) is 13.4. The fourth-order valence-electron chi connectivity index (χ4n) is 3.28. The van der Waals surface area contributed by atoms with Crippen molar-refractivity contribution in [2.24, 2.45) is 5.92 Å². The van der Waals surface area contributed by atoms with Crippen LogP contribution < -0.4 is 10.1 Å². The van der Waals surface area contributed by atoms with Crippen LogP contribution in [0.1, 0.15) is 15.9 Å². The van der Waals surface area contributed by atoms with Crippen molar-refractivity contribution < 1.29 is 9.53 Å². The van der Waals surface area contributed by atoms with Gasteiger partial charge < -0.3 is 10.1 Å². The van der Waals surface area contributed by atoms with Crippen molar-refractivity contribution in [1.82, 2.24) is 5.32 Å². The predicted molar refractivity (Wildman–Crippen MR) is 95.4 cm³/mol. The van der Waals surface area contributed by atoms with E-state index in [1.807, 2.05) is 60.7 Å². The van der Waals surface area contributed by atoms with Gasteiger partial charge in [0.25, 0.3) is 5.91 Å². The van der Waals surface area contributed by atoms with E-state index in [1.165, 1.54) is 5.56 Å². The number of rotatable bonds is 3. The van der Waals surface area contributed by atoms with Gasteiger partial charge in [0, 0.05) is 18.0 Å².